The van der Waals surface area contributed by atoms with Gasteiger partial charge >= 0.3 is 0 Å². The maximum absolute atomic E-state index is 12.6. The first kappa shape index (κ1) is 15.6. The Hall–Kier alpha value is -1.75. The van der Waals surface area contributed by atoms with Gasteiger partial charge in [-0.05, 0) is 38.8 Å². The van der Waals surface area contributed by atoms with E-state index < -0.39 is 10.0 Å². The third kappa shape index (κ3) is 4.36. The number of hydrogen-bond acceptors (Lipinski definition) is 2. The van der Waals surface area contributed by atoms with Crippen LogP contribution in [-0.2, 0) is 10.0 Å². The van der Waals surface area contributed by atoms with Crippen molar-refractivity contribution < 1.29 is 8.42 Å². The Morgan fingerprint density at radius 1 is 1.14 bits per heavy atom. The molecule has 0 aromatic heterocycles. The van der Waals surface area contributed by atoms with Gasteiger partial charge in [0.05, 0.1) is 18.0 Å². The molecule has 0 aliphatic heterocycles. The highest BCUT2D eigenvalue weighted by Crippen LogP contribution is 2.27. The van der Waals surface area contributed by atoms with Crippen molar-refractivity contribution in [1.82, 2.24) is 4.31 Å². The van der Waals surface area contributed by atoms with E-state index in [-0.39, 0.29) is 13.1 Å². The molecule has 21 heavy (non-hydrogen) atoms. The standard InChI is InChI=1S/C17H19NO2S/c1-3-4-13-18(14-5-6-16-9-10-16)21(19,20)17-11-7-15(2)8-12-17/h7-8,11-12,16H,9-10,13-14H2,1-2H3. The molecule has 0 radical (unpaired) electrons. The van der Waals surface area contributed by atoms with Crippen LogP contribution in [0, 0.1) is 36.5 Å². The third-order valence-corrected chi connectivity index (χ3v) is 5.04. The minimum absolute atomic E-state index is 0.173. The first-order chi connectivity index (χ1) is 10.0. The molecular weight excluding hydrogens is 282 g/mol. The van der Waals surface area contributed by atoms with Crippen molar-refractivity contribution in [2.75, 3.05) is 13.1 Å². The Bertz CT molecular complexity index is 708. The van der Waals surface area contributed by atoms with E-state index in [0.717, 1.165) is 18.4 Å². The van der Waals surface area contributed by atoms with Crippen molar-refractivity contribution in [3.63, 3.8) is 0 Å². The Morgan fingerprint density at radius 3 is 2.33 bits per heavy atom. The van der Waals surface area contributed by atoms with Crippen LogP contribution in [0.5, 0.6) is 0 Å². The summed E-state index contributed by atoms with van der Waals surface area (Å²) < 4.78 is 26.6. The second kappa shape index (κ2) is 6.80. The van der Waals surface area contributed by atoms with Gasteiger partial charge < -0.3 is 0 Å². The van der Waals surface area contributed by atoms with Crippen LogP contribution in [0.25, 0.3) is 0 Å². The van der Waals surface area contributed by atoms with Crippen LogP contribution >= 0.6 is 0 Å². The lowest BCUT2D eigenvalue weighted by Gasteiger charge is -2.17. The minimum atomic E-state index is -3.54. The molecule has 1 aliphatic rings. The fraction of sp³-hybridized carbons (Fsp3) is 0.412. The predicted molar refractivity (Wildman–Crippen MR) is 83.9 cm³/mol. The van der Waals surface area contributed by atoms with E-state index in [0.29, 0.717) is 10.8 Å². The second-order valence-electron chi connectivity index (χ2n) is 5.11. The lowest BCUT2D eigenvalue weighted by Crippen LogP contribution is -2.32. The molecule has 0 unspecified atom stereocenters. The zero-order chi connectivity index (χ0) is 15.3. The largest absolute Gasteiger partial charge is 0.244 e. The van der Waals surface area contributed by atoms with Crippen molar-refractivity contribution in [3.05, 3.63) is 29.8 Å². The normalized spacial score (nSPS) is 14.0. The molecule has 0 saturated heterocycles. The van der Waals surface area contributed by atoms with Gasteiger partial charge in [-0.25, -0.2) is 8.42 Å². The van der Waals surface area contributed by atoms with Gasteiger partial charge in [0.1, 0.15) is 0 Å². The summed E-state index contributed by atoms with van der Waals surface area (Å²) in [6.45, 7) is 4.00. The molecule has 110 valence electrons. The number of nitrogens with zero attached hydrogens (tertiary/aromatic N) is 1. The molecule has 4 heteroatoms. The molecule has 1 aromatic carbocycles. The molecule has 0 heterocycles. The maximum Gasteiger partial charge on any atom is 0.244 e. The van der Waals surface area contributed by atoms with E-state index in [9.17, 15) is 8.42 Å². The average molecular weight is 301 g/mol. The molecule has 0 spiro atoms. The molecule has 0 atom stereocenters. The third-order valence-electron chi connectivity index (χ3n) is 3.23. The van der Waals surface area contributed by atoms with Crippen LogP contribution in [0.1, 0.15) is 25.3 Å². The van der Waals surface area contributed by atoms with Crippen molar-refractivity contribution >= 4 is 10.0 Å². The van der Waals surface area contributed by atoms with Gasteiger partial charge in [0.2, 0.25) is 10.0 Å². The van der Waals surface area contributed by atoms with Gasteiger partial charge in [0, 0.05) is 5.92 Å². The summed E-state index contributed by atoms with van der Waals surface area (Å²) in [5, 5.41) is 0. The minimum Gasteiger partial charge on any atom is -0.207 e. The molecule has 1 aliphatic carbocycles. The first-order valence-corrected chi connectivity index (χ1v) is 8.43. The van der Waals surface area contributed by atoms with Crippen molar-refractivity contribution in [3.8, 4) is 23.7 Å². The smallest absolute Gasteiger partial charge is 0.207 e. The number of rotatable bonds is 4. The highest BCUT2D eigenvalue weighted by Gasteiger charge is 2.23. The number of sulfonamides is 1. The number of benzene rings is 1. The van der Waals surface area contributed by atoms with Gasteiger partial charge in [-0.2, -0.15) is 4.31 Å². The van der Waals surface area contributed by atoms with E-state index in [1.165, 1.54) is 4.31 Å². The van der Waals surface area contributed by atoms with Gasteiger partial charge in [-0.1, -0.05) is 35.5 Å². The van der Waals surface area contributed by atoms with Crippen molar-refractivity contribution in [1.29, 1.82) is 0 Å². The Labute approximate surface area is 127 Å². The van der Waals surface area contributed by atoms with Gasteiger partial charge in [-0.3, -0.25) is 0 Å². The SMILES string of the molecule is CC#CCN(CC#CC1CC1)S(=O)(=O)c1ccc(C)cc1. The fourth-order valence-electron chi connectivity index (χ4n) is 1.76. The predicted octanol–water partition coefficient (Wildman–Crippen LogP) is 2.42. The van der Waals surface area contributed by atoms with E-state index in [4.69, 9.17) is 0 Å². The van der Waals surface area contributed by atoms with Crippen LogP contribution in [0.4, 0.5) is 0 Å². The zero-order valence-corrected chi connectivity index (χ0v) is 13.2. The topological polar surface area (TPSA) is 37.4 Å². The highest BCUT2D eigenvalue weighted by atomic mass is 32.2. The lowest BCUT2D eigenvalue weighted by atomic mass is 10.2. The van der Waals surface area contributed by atoms with Crippen LogP contribution in [0.2, 0.25) is 0 Å². The molecule has 1 fully saturated rings. The van der Waals surface area contributed by atoms with Crippen LogP contribution in [0.3, 0.4) is 0 Å². The van der Waals surface area contributed by atoms with Crippen molar-refractivity contribution in [2.24, 2.45) is 5.92 Å². The van der Waals surface area contributed by atoms with Crippen LogP contribution in [-0.4, -0.2) is 25.8 Å². The Morgan fingerprint density at radius 2 is 1.76 bits per heavy atom. The summed E-state index contributed by atoms with van der Waals surface area (Å²) in [6, 6.07) is 6.86. The average Bonchev–Trinajstić information content (AvgIpc) is 3.27. The van der Waals surface area contributed by atoms with Gasteiger partial charge in [0.25, 0.3) is 0 Å². The number of hydrogen-bond donors (Lipinski definition) is 0. The Balaban J connectivity index is 2.21. The van der Waals surface area contributed by atoms with E-state index in [1.54, 1.807) is 31.2 Å². The summed E-state index contributed by atoms with van der Waals surface area (Å²) in [6.07, 6.45) is 2.26. The van der Waals surface area contributed by atoms with Gasteiger partial charge in [-0.15, -0.1) is 5.92 Å². The quantitative estimate of drug-likeness (QED) is 0.801. The summed E-state index contributed by atoms with van der Waals surface area (Å²) in [5.41, 5.74) is 1.03. The molecule has 3 nitrogen and oxygen atoms in total. The first-order valence-electron chi connectivity index (χ1n) is 6.99. The van der Waals surface area contributed by atoms with E-state index >= 15 is 0 Å². The molecule has 0 N–H and O–H groups in total. The lowest BCUT2D eigenvalue weighted by molar-refractivity contribution is 0.482. The fourth-order valence-corrected chi connectivity index (χ4v) is 3.01. The molecule has 1 aromatic rings. The summed E-state index contributed by atoms with van der Waals surface area (Å²) in [4.78, 5) is 0.291. The monoisotopic (exact) mass is 301 g/mol. The summed E-state index contributed by atoms with van der Waals surface area (Å²) in [7, 11) is -3.54. The van der Waals surface area contributed by atoms with Crippen LogP contribution in [0.15, 0.2) is 29.2 Å². The van der Waals surface area contributed by atoms with E-state index in [1.807, 2.05) is 6.92 Å². The molecule has 2 rings (SSSR count). The molecule has 1 saturated carbocycles. The molecule has 0 amide bonds. The second-order valence-corrected chi connectivity index (χ2v) is 7.05. The molecule has 0 bridgehead atoms. The summed E-state index contributed by atoms with van der Waals surface area (Å²) in [5.74, 6) is 12.1. The zero-order valence-electron chi connectivity index (χ0n) is 12.4. The highest BCUT2D eigenvalue weighted by molar-refractivity contribution is 7.89. The number of aryl methyl sites for hydroxylation is 1. The van der Waals surface area contributed by atoms with E-state index in [2.05, 4.69) is 23.7 Å². The maximum atomic E-state index is 12.6. The summed E-state index contributed by atoms with van der Waals surface area (Å²) >= 11 is 0. The van der Waals surface area contributed by atoms with Crippen LogP contribution < -0.4 is 0 Å². The van der Waals surface area contributed by atoms with Crippen molar-refractivity contribution in [2.45, 2.75) is 31.6 Å². The van der Waals surface area contributed by atoms with Gasteiger partial charge in [0.15, 0.2) is 0 Å². The Kier molecular flexibility index (Phi) is 5.07. The molecular formula is C17H19NO2S.